The Kier molecular flexibility index (Phi) is 5.78. The van der Waals surface area contributed by atoms with Gasteiger partial charge in [0.25, 0.3) is 0 Å². The van der Waals surface area contributed by atoms with E-state index in [4.69, 9.17) is 0 Å². The van der Waals surface area contributed by atoms with Gasteiger partial charge in [-0.2, -0.15) is 0 Å². The molecule has 0 aliphatic carbocycles. The van der Waals surface area contributed by atoms with E-state index in [1.807, 2.05) is 0 Å². The molecule has 1 aromatic heterocycles. The number of carbonyl (C=O) groups is 1. The molecule has 0 spiro atoms. The van der Waals surface area contributed by atoms with Crippen molar-refractivity contribution >= 4 is 17.4 Å². The van der Waals surface area contributed by atoms with Crippen LogP contribution in [0.3, 0.4) is 0 Å². The summed E-state index contributed by atoms with van der Waals surface area (Å²) < 4.78 is 4.09. The molecule has 28 heavy (non-hydrogen) atoms. The lowest BCUT2D eigenvalue weighted by Gasteiger charge is -2.35. The zero-order valence-electron chi connectivity index (χ0n) is 17.0. The van der Waals surface area contributed by atoms with Gasteiger partial charge >= 0.3 is 0 Å². The lowest BCUT2D eigenvalue weighted by molar-refractivity contribution is -0.134. The number of likely N-dealkylation sites (tertiary alicyclic amines) is 2. The van der Waals surface area contributed by atoms with Crippen LogP contribution >= 0.6 is 11.5 Å². The van der Waals surface area contributed by atoms with Crippen molar-refractivity contribution in [3.8, 4) is 0 Å². The van der Waals surface area contributed by atoms with Crippen molar-refractivity contribution in [2.45, 2.75) is 39.0 Å². The van der Waals surface area contributed by atoms with E-state index in [0.29, 0.717) is 30.2 Å². The Bertz CT molecular complexity index is 799. The van der Waals surface area contributed by atoms with Gasteiger partial charge in [0.2, 0.25) is 5.91 Å². The topological polar surface area (TPSA) is 49.3 Å². The van der Waals surface area contributed by atoms with Crippen LogP contribution in [0.25, 0.3) is 0 Å². The molecule has 2 aromatic rings. The van der Waals surface area contributed by atoms with Crippen molar-refractivity contribution in [2.24, 2.45) is 11.8 Å². The largest absolute Gasteiger partial charge is 0.341 e. The van der Waals surface area contributed by atoms with E-state index in [1.165, 1.54) is 29.1 Å². The minimum absolute atomic E-state index is 0.277. The van der Waals surface area contributed by atoms with Crippen molar-refractivity contribution in [3.63, 3.8) is 0 Å². The summed E-state index contributed by atoms with van der Waals surface area (Å²) in [5.74, 6) is 2.13. The second-order valence-electron chi connectivity index (χ2n) is 8.84. The first-order valence-electron chi connectivity index (χ1n) is 10.3. The quantitative estimate of drug-likeness (QED) is 0.790. The molecule has 5 nitrogen and oxygen atoms in total. The molecule has 3 heterocycles. The summed E-state index contributed by atoms with van der Waals surface area (Å²) in [7, 11) is 0. The number of benzene rings is 1. The molecule has 2 saturated heterocycles. The SMILES string of the molecule is Cc1ccccc1[C@@H]1CN(CC(=O)N2CC(C)CC(C)C2)C[C@H]1c1csnn1. The first kappa shape index (κ1) is 19.5. The summed E-state index contributed by atoms with van der Waals surface area (Å²) in [6.45, 7) is 10.8. The Morgan fingerprint density at radius 2 is 1.82 bits per heavy atom. The Morgan fingerprint density at radius 3 is 2.50 bits per heavy atom. The zero-order valence-corrected chi connectivity index (χ0v) is 17.9. The molecule has 0 bridgehead atoms. The van der Waals surface area contributed by atoms with Crippen LogP contribution in [0.4, 0.5) is 0 Å². The molecule has 1 amide bonds. The Morgan fingerprint density at radius 1 is 1.11 bits per heavy atom. The zero-order chi connectivity index (χ0) is 19.7. The van der Waals surface area contributed by atoms with Crippen molar-refractivity contribution in [1.29, 1.82) is 0 Å². The fourth-order valence-electron chi connectivity index (χ4n) is 5.12. The predicted molar refractivity (Wildman–Crippen MR) is 113 cm³/mol. The molecule has 2 unspecified atom stereocenters. The van der Waals surface area contributed by atoms with Gasteiger partial charge in [-0.3, -0.25) is 9.69 Å². The third kappa shape index (κ3) is 4.13. The second-order valence-corrected chi connectivity index (χ2v) is 9.45. The second kappa shape index (κ2) is 8.29. The van der Waals surface area contributed by atoms with Gasteiger partial charge in [-0.05, 0) is 47.8 Å². The number of carbonyl (C=O) groups excluding carboxylic acids is 1. The first-order valence-corrected chi connectivity index (χ1v) is 11.2. The average molecular weight is 399 g/mol. The molecule has 1 aromatic carbocycles. The first-order chi connectivity index (χ1) is 13.5. The minimum atomic E-state index is 0.277. The number of nitrogens with zero attached hydrogens (tertiary/aromatic N) is 4. The highest BCUT2D eigenvalue weighted by Gasteiger charge is 2.38. The van der Waals surface area contributed by atoms with Crippen LogP contribution < -0.4 is 0 Å². The van der Waals surface area contributed by atoms with Gasteiger partial charge in [-0.15, -0.1) is 5.10 Å². The van der Waals surface area contributed by atoms with Crippen molar-refractivity contribution < 1.29 is 4.79 Å². The third-order valence-electron chi connectivity index (χ3n) is 6.32. The lowest BCUT2D eigenvalue weighted by Crippen LogP contribution is -2.46. The van der Waals surface area contributed by atoms with Gasteiger partial charge in [0.1, 0.15) is 0 Å². The highest BCUT2D eigenvalue weighted by molar-refractivity contribution is 7.03. The van der Waals surface area contributed by atoms with Crippen LogP contribution in [0.5, 0.6) is 0 Å². The highest BCUT2D eigenvalue weighted by Crippen LogP contribution is 2.40. The Balaban J connectivity index is 1.50. The van der Waals surface area contributed by atoms with E-state index in [0.717, 1.165) is 31.9 Å². The van der Waals surface area contributed by atoms with Crippen molar-refractivity contribution in [1.82, 2.24) is 19.4 Å². The standard InChI is InChI=1S/C22H30N4OS/c1-15-8-16(2)10-26(9-15)22(27)13-25-11-19(18-7-5-4-6-17(18)3)20(12-25)21-14-28-24-23-21/h4-7,14-16,19-20H,8-13H2,1-3H3/t15?,16?,19-,20+/m0/s1. The van der Waals surface area contributed by atoms with Crippen LogP contribution in [0, 0.1) is 18.8 Å². The van der Waals surface area contributed by atoms with Crippen molar-refractivity contribution in [2.75, 3.05) is 32.7 Å². The summed E-state index contributed by atoms with van der Waals surface area (Å²) in [5.41, 5.74) is 3.75. The van der Waals surface area contributed by atoms with Gasteiger partial charge in [0.05, 0.1) is 12.2 Å². The van der Waals surface area contributed by atoms with Gasteiger partial charge in [0.15, 0.2) is 0 Å². The lowest BCUT2D eigenvalue weighted by atomic mass is 9.85. The van der Waals surface area contributed by atoms with E-state index in [2.05, 4.69) is 69.8 Å². The van der Waals surface area contributed by atoms with E-state index in [1.54, 1.807) is 0 Å². The molecular weight excluding hydrogens is 368 g/mol. The van der Waals surface area contributed by atoms with Crippen LogP contribution in [0.1, 0.15) is 48.9 Å². The van der Waals surface area contributed by atoms with Crippen LogP contribution in [0.15, 0.2) is 29.6 Å². The molecule has 150 valence electrons. The molecule has 0 N–H and O–H groups in total. The van der Waals surface area contributed by atoms with Crippen molar-refractivity contribution in [3.05, 3.63) is 46.5 Å². The summed E-state index contributed by atoms with van der Waals surface area (Å²) >= 11 is 1.41. The van der Waals surface area contributed by atoms with E-state index >= 15 is 0 Å². The summed E-state index contributed by atoms with van der Waals surface area (Å²) in [6.07, 6.45) is 1.22. The number of amides is 1. The van der Waals surface area contributed by atoms with Gasteiger partial charge in [-0.25, -0.2) is 0 Å². The maximum Gasteiger partial charge on any atom is 0.236 e. The summed E-state index contributed by atoms with van der Waals surface area (Å²) in [4.78, 5) is 17.4. The van der Waals surface area contributed by atoms with Gasteiger partial charge in [-0.1, -0.05) is 42.6 Å². The molecule has 4 atom stereocenters. The molecule has 0 saturated carbocycles. The van der Waals surface area contributed by atoms with E-state index in [-0.39, 0.29) is 5.91 Å². The monoisotopic (exact) mass is 398 g/mol. The fourth-order valence-corrected chi connectivity index (χ4v) is 5.64. The molecule has 6 heteroatoms. The molecule has 4 rings (SSSR count). The number of rotatable bonds is 4. The normalized spacial score (nSPS) is 28.6. The molecule has 2 aliphatic rings. The maximum absolute atomic E-state index is 13.0. The predicted octanol–water partition coefficient (Wildman–Crippen LogP) is 3.53. The van der Waals surface area contributed by atoms with Gasteiger partial charge < -0.3 is 4.90 Å². The number of aromatic nitrogens is 2. The number of hydrogen-bond acceptors (Lipinski definition) is 5. The summed E-state index contributed by atoms with van der Waals surface area (Å²) in [5, 5.41) is 6.44. The van der Waals surface area contributed by atoms with Gasteiger partial charge in [0, 0.05) is 43.4 Å². The Hall–Kier alpha value is -1.79. The maximum atomic E-state index is 13.0. The molecule has 2 fully saturated rings. The summed E-state index contributed by atoms with van der Waals surface area (Å²) in [6, 6.07) is 8.61. The number of hydrogen-bond donors (Lipinski definition) is 0. The highest BCUT2D eigenvalue weighted by atomic mass is 32.1. The minimum Gasteiger partial charge on any atom is -0.341 e. The fraction of sp³-hybridized carbons (Fsp3) is 0.591. The molecular formula is C22H30N4OS. The van der Waals surface area contributed by atoms with E-state index < -0.39 is 0 Å². The number of piperidine rings is 1. The van der Waals surface area contributed by atoms with Crippen LogP contribution in [-0.4, -0.2) is 58.0 Å². The average Bonchev–Trinajstić information content (AvgIpc) is 3.31. The van der Waals surface area contributed by atoms with Crippen LogP contribution in [-0.2, 0) is 4.79 Å². The third-order valence-corrected chi connectivity index (χ3v) is 6.84. The van der Waals surface area contributed by atoms with Crippen LogP contribution in [0.2, 0.25) is 0 Å². The van der Waals surface area contributed by atoms with E-state index in [9.17, 15) is 4.79 Å². The molecule has 0 radical (unpaired) electrons. The smallest absolute Gasteiger partial charge is 0.236 e. The Labute approximate surface area is 171 Å². The number of aryl methyl sites for hydroxylation is 1. The molecule has 2 aliphatic heterocycles.